The molecule has 17 heavy (non-hydrogen) atoms. The maximum absolute atomic E-state index is 5.11. The first-order valence-electron chi connectivity index (χ1n) is 7.07. The molecule has 104 valence electrons. The first kappa shape index (κ1) is 16.9. The summed E-state index contributed by atoms with van der Waals surface area (Å²) in [5, 5.41) is 0. The molecule has 0 aromatic carbocycles. The number of nitrogens with zero attached hydrogens (tertiary/aromatic N) is 1. The molecule has 0 aromatic heterocycles. The maximum atomic E-state index is 5.11. The topological polar surface area (TPSA) is 18.5 Å². The lowest BCUT2D eigenvalue weighted by molar-refractivity contribution is -0.925. The van der Waals surface area contributed by atoms with Crippen molar-refractivity contribution in [2.24, 2.45) is 0 Å². The van der Waals surface area contributed by atoms with Gasteiger partial charge in [0.25, 0.3) is 0 Å². The SMILES string of the molecule is CC[N+](CC)(CCCCOC)CCCCOC. The molecule has 0 bridgehead atoms. The largest absolute Gasteiger partial charge is 0.385 e. The lowest BCUT2D eigenvalue weighted by Crippen LogP contribution is -2.49. The predicted octanol–water partition coefficient (Wildman–Crippen LogP) is 2.70. The second-order valence-corrected chi connectivity index (χ2v) is 4.82. The third-order valence-electron chi connectivity index (χ3n) is 3.80. The Morgan fingerprint density at radius 1 is 0.706 bits per heavy atom. The molecule has 0 saturated carbocycles. The van der Waals surface area contributed by atoms with E-state index in [1.165, 1.54) is 56.3 Å². The van der Waals surface area contributed by atoms with Gasteiger partial charge in [0.05, 0.1) is 26.2 Å². The molecule has 0 aliphatic rings. The second-order valence-electron chi connectivity index (χ2n) is 4.82. The van der Waals surface area contributed by atoms with Crippen LogP contribution in [0.15, 0.2) is 0 Å². The van der Waals surface area contributed by atoms with Gasteiger partial charge in [0.15, 0.2) is 0 Å². The van der Waals surface area contributed by atoms with Gasteiger partial charge in [-0.2, -0.15) is 0 Å². The Bertz CT molecular complexity index is 144. The third-order valence-corrected chi connectivity index (χ3v) is 3.80. The van der Waals surface area contributed by atoms with E-state index < -0.39 is 0 Å². The van der Waals surface area contributed by atoms with Gasteiger partial charge in [-0.1, -0.05) is 0 Å². The van der Waals surface area contributed by atoms with Crippen molar-refractivity contribution in [3.8, 4) is 0 Å². The van der Waals surface area contributed by atoms with Gasteiger partial charge < -0.3 is 14.0 Å². The predicted molar refractivity (Wildman–Crippen MR) is 73.3 cm³/mol. The maximum Gasteiger partial charge on any atom is 0.0787 e. The van der Waals surface area contributed by atoms with E-state index in [9.17, 15) is 0 Å². The molecule has 0 rings (SSSR count). The first-order valence-corrected chi connectivity index (χ1v) is 7.07. The normalized spacial score (nSPS) is 12.0. The van der Waals surface area contributed by atoms with Crippen LogP contribution in [0, 0.1) is 0 Å². The minimum Gasteiger partial charge on any atom is -0.385 e. The number of hydrogen-bond acceptors (Lipinski definition) is 2. The van der Waals surface area contributed by atoms with Crippen LogP contribution in [0.25, 0.3) is 0 Å². The van der Waals surface area contributed by atoms with Crippen molar-refractivity contribution in [1.82, 2.24) is 0 Å². The molecular weight excluding hydrogens is 214 g/mol. The van der Waals surface area contributed by atoms with Crippen LogP contribution in [-0.2, 0) is 9.47 Å². The zero-order chi connectivity index (χ0) is 13.0. The summed E-state index contributed by atoms with van der Waals surface area (Å²) >= 11 is 0. The van der Waals surface area contributed by atoms with Crippen molar-refractivity contribution < 1.29 is 14.0 Å². The molecule has 3 nitrogen and oxygen atoms in total. The Hall–Kier alpha value is -0.120. The molecule has 0 aliphatic heterocycles. The average molecular weight is 246 g/mol. The van der Waals surface area contributed by atoms with Crippen molar-refractivity contribution in [3.05, 3.63) is 0 Å². The van der Waals surface area contributed by atoms with E-state index in [4.69, 9.17) is 9.47 Å². The molecule has 0 atom stereocenters. The van der Waals surface area contributed by atoms with Gasteiger partial charge in [0.1, 0.15) is 0 Å². The van der Waals surface area contributed by atoms with E-state index in [-0.39, 0.29) is 0 Å². The monoisotopic (exact) mass is 246 g/mol. The fourth-order valence-electron chi connectivity index (χ4n) is 2.36. The fraction of sp³-hybridized carbons (Fsp3) is 1.00. The summed E-state index contributed by atoms with van der Waals surface area (Å²) in [6.45, 7) is 11.5. The summed E-state index contributed by atoms with van der Waals surface area (Å²) in [6, 6.07) is 0. The summed E-state index contributed by atoms with van der Waals surface area (Å²) < 4.78 is 11.5. The molecule has 0 N–H and O–H groups in total. The van der Waals surface area contributed by atoms with E-state index in [1.807, 2.05) is 0 Å². The zero-order valence-corrected chi connectivity index (χ0v) is 12.3. The van der Waals surface area contributed by atoms with Crippen molar-refractivity contribution in [1.29, 1.82) is 0 Å². The summed E-state index contributed by atoms with van der Waals surface area (Å²) in [5.41, 5.74) is 0. The highest BCUT2D eigenvalue weighted by atomic mass is 16.5. The van der Waals surface area contributed by atoms with Gasteiger partial charge in [0, 0.05) is 27.4 Å². The molecule has 0 spiro atoms. The molecule has 3 heteroatoms. The van der Waals surface area contributed by atoms with Crippen LogP contribution in [0.3, 0.4) is 0 Å². The highest BCUT2D eigenvalue weighted by molar-refractivity contribution is 4.46. The molecule has 0 fully saturated rings. The van der Waals surface area contributed by atoms with E-state index in [2.05, 4.69) is 13.8 Å². The quantitative estimate of drug-likeness (QED) is 0.389. The summed E-state index contributed by atoms with van der Waals surface area (Å²) in [5.74, 6) is 0. The number of hydrogen-bond donors (Lipinski definition) is 0. The molecule has 0 saturated heterocycles. The Balaban J connectivity index is 3.88. The molecular formula is C14H32NO2+. The second kappa shape index (κ2) is 11.0. The summed E-state index contributed by atoms with van der Waals surface area (Å²) in [4.78, 5) is 0. The minimum atomic E-state index is 0.900. The minimum absolute atomic E-state index is 0.900. The van der Waals surface area contributed by atoms with Gasteiger partial charge in [-0.15, -0.1) is 0 Å². The third kappa shape index (κ3) is 7.74. The Morgan fingerprint density at radius 3 is 1.41 bits per heavy atom. The molecule has 0 aromatic rings. The number of unbranched alkanes of at least 4 members (excludes halogenated alkanes) is 2. The molecule has 0 amide bonds. The smallest absolute Gasteiger partial charge is 0.0787 e. The van der Waals surface area contributed by atoms with Crippen molar-refractivity contribution in [2.75, 3.05) is 53.6 Å². The number of ether oxygens (including phenoxy) is 2. The summed E-state index contributed by atoms with van der Waals surface area (Å²) in [6.07, 6.45) is 4.93. The van der Waals surface area contributed by atoms with Crippen LogP contribution in [0.1, 0.15) is 39.5 Å². The first-order chi connectivity index (χ1) is 8.24. The van der Waals surface area contributed by atoms with Crippen LogP contribution in [0.4, 0.5) is 0 Å². The van der Waals surface area contributed by atoms with Crippen LogP contribution >= 0.6 is 0 Å². The van der Waals surface area contributed by atoms with Gasteiger partial charge in [0.2, 0.25) is 0 Å². The van der Waals surface area contributed by atoms with E-state index in [0.29, 0.717) is 0 Å². The number of quaternary nitrogens is 1. The fourth-order valence-corrected chi connectivity index (χ4v) is 2.36. The summed E-state index contributed by atoms with van der Waals surface area (Å²) in [7, 11) is 3.57. The molecule has 0 heterocycles. The molecule has 0 unspecified atom stereocenters. The Labute approximate surface area is 108 Å². The van der Waals surface area contributed by atoms with Gasteiger partial charge in [-0.3, -0.25) is 0 Å². The highest BCUT2D eigenvalue weighted by Crippen LogP contribution is 2.11. The molecule has 0 radical (unpaired) electrons. The van der Waals surface area contributed by atoms with Crippen molar-refractivity contribution in [3.63, 3.8) is 0 Å². The van der Waals surface area contributed by atoms with Crippen LogP contribution in [0.2, 0.25) is 0 Å². The van der Waals surface area contributed by atoms with E-state index >= 15 is 0 Å². The lowest BCUT2D eigenvalue weighted by atomic mass is 10.2. The highest BCUT2D eigenvalue weighted by Gasteiger charge is 2.21. The van der Waals surface area contributed by atoms with Gasteiger partial charge in [-0.05, 0) is 39.5 Å². The van der Waals surface area contributed by atoms with Gasteiger partial charge in [-0.25, -0.2) is 0 Å². The standard InChI is InChI=1S/C14H32NO2/c1-5-15(6-2,11-7-9-13-16-3)12-8-10-14-17-4/h5-14H2,1-4H3/q+1. The van der Waals surface area contributed by atoms with E-state index in [0.717, 1.165) is 13.2 Å². The molecule has 0 aliphatic carbocycles. The van der Waals surface area contributed by atoms with Crippen LogP contribution < -0.4 is 0 Å². The zero-order valence-electron chi connectivity index (χ0n) is 12.3. The van der Waals surface area contributed by atoms with Crippen LogP contribution in [0.5, 0.6) is 0 Å². The van der Waals surface area contributed by atoms with Crippen molar-refractivity contribution >= 4 is 0 Å². The van der Waals surface area contributed by atoms with E-state index in [1.54, 1.807) is 14.2 Å². The number of methoxy groups -OCH3 is 2. The Kier molecular flexibility index (Phi) is 10.9. The van der Waals surface area contributed by atoms with Crippen LogP contribution in [-0.4, -0.2) is 58.1 Å². The lowest BCUT2D eigenvalue weighted by Gasteiger charge is -2.37. The number of rotatable bonds is 12. The average Bonchev–Trinajstić information content (AvgIpc) is 2.37. The van der Waals surface area contributed by atoms with Gasteiger partial charge >= 0.3 is 0 Å². The Morgan fingerprint density at radius 2 is 1.12 bits per heavy atom. The van der Waals surface area contributed by atoms with Crippen molar-refractivity contribution in [2.45, 2.75) is 39.5 Å².